The van der Waals surface area contributed by atoms with Crippen LogP contribution in [-0.4, -0.2) is 20.1 Å². The quantitative estimate of drug-likeness (QED) is 0.830. The van der Waals surface area contributed by atoms with Gasteiger partial charge in [-0.1, -0.05) is 17.7 Å². The molecule has 0 spiro atoms. The van der Waals surface area contributed by atoms with Crippen LogP contribution in [0.5, 0.6) is 0 Å². The Morgan fingerprint density at radius 3 is 2.64 bits per heavy atom. The molecule has 0 saturated heterocycles. The standard InChI is InChI=1S/C11H17ClN2/c1-3-14(2)11-5-4-9(6-7-13)8-10(11)12/h4-5,8H,3,6-7,13H2,1-2H3. The fourth-order valence-electron chi connectivity index (χ4n) is 1.35. The van der Waals surface area contributed by atoms with Gasteiger partial charge in [-0.15, -0.1) is 0 Å². The lowest BCUT2D eigenvalue weighted by Gasteiger charge is -2.18. The molecule has 0 fully saturated rings. The van der Waals surface area contributed by atoms with E-state index in [1.165, 1.54) is 5.56 Å². The number of hydrogen-bond donors (Lipinski definition) is 1. The third kappa shape index (κ3) is 2.63. The van der Waals surface area contributed by atoms with Gasteiger partial charge in [0, 0.05) is 13.6 Å². The molecule has 1 aromatic rings. The summed E-state index contributed by atoms with van der Waals surface area (Å²) in [5.74, 6) is 0. The van der Waals surface area contributed by atoms with Crippen molar-refractivity contribution in [3.05, 3.63) is 28.8 Å². The van der Waals surface area contributed by atoms with Crippen molar-refractivity contribution >= 4 is 17.3 Å². The van der Waals surface area contributed by atoms with Crippen LogP contribution in [0.4, 0.5) is 5.69 Å². The molecule has 0 aromatic heterocycles. The number of nitrogens with two attached hydrogens (primary N) is 1. The molecule has 0 saturated carbocycles. The molecular formula is C11H17ClN2. The minimum atomic E-state index is 0.666. The monoisotopic (exact) mass is 212 g/mol. The summed E-state index contributed by atoms with van der Waals surface area (Å²) in [4.78, 5) is 2.12. The second-order valence-electron chi connectivity index (χ2n) is 3.34. The van der Waals surface area contributed by atoms with Gasteiger partial charge in [0.25, 0.3) is 0 Å². The summed E-state index contributed by atoms with van der Waals surface area (Å²) in [5.41, 5.74) is 7.76. The Morgan fingerprint density at radius 2 is 2.14 bits per heavy atom. The molecule has 0 aliphatic rings. The lowest BCUT2D eigenvalue weighted by atomic mass is 10.1. The third-order valence-corrected chi connectivity index (χ3v) is 2.63. The maximum Gasteiger partial charge on any atom is 0.0642 e. The maximum atomic E-state index is 6.16. The topological polar surface area (TPSA) is 29.3 Å². The average molecular weight is 213 g/mol. The highest BCUT2D eigenvalue weighted by atomic mass is 35.5. The zero-order valence-electron chi connectivity index (χ0n) is 8.76. The summed E-state index contributed by atoms with van der Waals surface area (Å²) >= 11 is 6.16. The molecule has 0 unspecified atom stereocenters. The first-order valence-electron chi connectivity index (χ1n) is 4.88. The molecule has 0 aliphatic heterocycles. The molecule has 2 N–H and O–H groups in total. The van der Waals surface area contributed by atoms with Crippen molar-refractivity contribution in [1.29, 1.82) is 0 Å². The minimum absolute atomic E-state index is 0.666. The molecule has 0 bridgehead atoms. The van der Waals surface area contributed by atoms with E-state index in [9.17, 15) is 0 Å². The van der Waals surface area contributed by atoms with Gasteiger partial charge in [-0.2, -0.15) is 0 Å². The van der Waals surface area contributed by atoms with Crippen molar-refractivity contribution in [2.45, 2.75) is 13.3 Å². The lowest BCUT2D eigenvalue weighted by molar-refractivity contribution is 0.953. The smallest absolute Gasteiger partial charge is 0.0642 e. The molecule has 0 aliphatic carbocycles. The van der Waals surface area contributed by atoms with Gasteiger partial charge in [0.05, 0.1) is 10.7 Å². The number of rotatable bonds is 4. The largest absolute Gasteiger partial charge is 0.374 e. The second-order valence-corrected chi connectivity index (χ2v) is 3.75. The Morgan fingerprint density at radius 1 is 1.43 bits per heavy atom. The Hall–Kier alpha value is -0.730. The summed E-state index contributed by atoms with van der Waals surface area (Å²) in [5, 5.41) is 0.806. The van der Waals surface area contributed by atoms with E-state index in [4.69, 9.17) is 17.3 Å². The van der Waals surface area contributed by atoms with Gasteiger partial charge in [0.1, 0.15) is 0 Å². The molecule has 0 radical (unpaired) electrons. The summed E-state index contributed by atoms with van der Waals surface area (Å²) < 4.78 is 0. The van der Waals surface area contributed by atoms with Crippen LogP contribution in [0, 0.1) is 0 Å². The van der Waals surface area contributed by atoms with Crippen LogP contribution in [0.2, 0.25) is 5.02 Å². The first-order valence-corrected chi connectivity index (χ1v) is 5.26. The van der Waals surface area contributed by atoms with Crippen LogP contribution in [0.25, 0.3) is 0 Å². The zero-order valence-corrected chi connectivity index (χ0v) is 9.51. The lowest BCUT2D eigenvalue weighted by Crippen LogP contribution is -2.16. The van der Waals surface area contributed by atoms with Crippen LogP contribution in [0.3, 0.4) is 0 Å². The molecular weight excluding hydrogens is 196 g/mol. The van der Waals surface area contributed by atoms with Crippen molar-refractivity contribution in [3.63, 3.8) is 0 Å². The average Bonchev–Trinajstić information content (AvgIpc) is 2.17. The Balaban J connectivity index is 2.89. The molecule has 1 aromatic carbocycles. The van der Waals surface area contributed by atoms with E-state index < -0.39 is 0 Å². The maximum absolute atomic E-state index is 6.16. The molecule has 1 rings (SSSR count). The highest BCUT2D eigenvalue weighted by Crippen LogP contribution is 2.25. The molecule has 0 amide bonds. The van der Waals surface area contributed by atoms with E-state index in [1.54, 1.807) is 0 Å². The zero-order chi connectivity index (χ0) is 10.6. The Kier molecular flexibility index (Phi) is 4.23. The fraction of sp³-hybridized carbons (Fsp3) is 0.455. The van der Waals surface area contributed by atoms with Gasteiger partial charge < -0.3 is 10.6 Å². The van der Waals surface area contributed by atoms with E-state index in [0.717, 1.165) is 23.7 Å². The molecule has 0 heterocycles. The van der Waals surface area contributed by atoms with Gasteiger partial charge in [0.2, 0.25) is 0 Å². The van der Waals surface area contributed by atoms with E-state index in [2.05, 4.69) is 24.0 Å². The number of hydrogen-bond acceptors (Lipinski definition) is 2. The Labute approximate surface area is 90.7 Å². The first kappa shape index (κ1) is 11.3. The highest BCUT2D eigenvalue weighted by Gasteiger charge is 2.04. The van der Waals surface area contributed by atoms with Crippen LogP contribution in [-0.2, 0) is 6.42 Å². The normalized spacial score (nSPS) is 10.3. The van der Waals surface area contributed by atoms with E-state index in [0.29, 0.717) is 6.54 Å². The predicted molar refractivity (Wildman–Crippen MR) is 63.2 cm³/mol. The van der Waals surface area contributed by atoms with Crippen molar-refractivity contribution in [2.24, 2.45) is 5.73 Å². The van der Waals surface area contributed by atoms with Crippen LogP contribution in [0.1, 0.15) is 12.5 Å². The molecule has 78 valence electrons. The van der Waals surface area contributed by atoms with Crippen molar-refractivity contribution in [2.75, 3.05) is 25.0 Å². The van der Waals surface area contributed by atoms with E-state index >= 15 is 0 Å². The van der Waals surface area contributed by atoms with Crippen LogP contribution in [0.15, 0.2) is 18.2 Å². The Bertz CT molecular complexity index is 299. The number of benzene rings is 1. The van der Waals surface area contributed by atoms with Crippen molar-refractivity contribution in [3.8, 4) is 0 Å². The van der Waals surface area contributed by atoms with Gasteiger partial charge in [0.15, 0.2) is 0 Å². The number of halogens is 1. The van der Waals surface area contributed by atoms with Crippen LogP contribution < -0.4 is 10.6 Å². The molecule has 14 heavy (non-hydrogen) atoms. The van der Waals surface area contributed by atoms with Crippen LogP contribution >= 0.6 is 11.6 Å². The van der Waals surface area contributed by atoms with E-state index in [-0.39, 0.29) is 0 Å². The van der Waals surface area contributed by atoms with Gasteiger partial charge in [-0.05, 0) is 37.6 Å². The third-order valence-electron chi connectivity index (χ3n) is 2.33. The van der Waals surface area contributed by atoms with Gasteiger partial charge in [-0.3, -0.25) is 0 Å². The molecule has 0 atom stereocenters. The van der Waals surface area contributed by atoms with Crippen molar-refractivity contribution < 1.29 is 0 Å². The summed E-state index contributed by atoms with van der Waals surface area (Å²) in [6, 6.07) is 6.13. The number of nitrogens with zero attached hydrogens (tertiary/aromatic N) is 1. The van der Waals surface area contributed by atoms with Gasteiger partial charge in [-0.25, -0.2) is 0 Å². The summed E-state index contributed by atoms with van der Waals surface area (Å²) in [7, 11) is 2.03. The van der Waals surface area contributed by atoms with Gasteiger partial charge >= 0.3 is 0 Å². The second kappa shape index (κ2) is 5.23. The first-order chi connectivity index (χ1) is 6.69. The van der Waals surface area contributed by atoms with E-state index in [1.807, 2.05) is 13.1 Å². The predicted octanol–water partition coefficient (Wildman–Crippen LogP) is 2.30. The summed E-state index contributed by atoms with van der Waals surface area (Å²) in [6.45, 7) is 3.72. The molecule has 2 nitrogen and oxygen atoms in total. The molecule has 3 heteroatoms. The van der Waals surface area contributed by atoms with Crippen molar-refractivity contribution in [1.82, 2.24) is 0 Å². The number of anilines is 1. The SMILES string of the molecule is CCN(C)c1ccc(CCN)cc1Cl. The fourth-order valence-corrected chi connectivity index (χ4v) is 1.70. The minimum Gasteiger partial charge on any atom is -0.374 e. The highest BCUT2D eigenvalue weighted by molar-refractivity contribution is 6.33. The summed E-state index contributed by atoms with van der Waals surface area (Å²) in [6.07, 6.45) is 0.885.